The van der Waals surface area contributed by atoms with Gasteiger partial charge in [-0.1, -0.05) is 0 Å². The van der Waals surface area contributed by atoms with Crippen molar-refractivity contribution in [1.82, 2.24) is 25.3 Å². The number of H-pyrrole nitrogens is 1. The first-order valence-electron chi connectivity index (χ1n) is 6.99. The molecule has 7 heteroatoms. The summed E-state index contributed by atoms with van der Waals surface area (Å²) in [7, 11) is 0. The Morgan fingerprint density at radius 2 is 2.10 bits per heavy atom. The highest BCUT2D eigenvalue weighted by Crippen LogP contribution is 2.19. The number of nitrogens with one attached hydrogen (secondary N) is 2. The van der Waals surface area contributed by atoms with Crippen LogP contribution >= 0.6 is 12.4 Å². The number of hydrogen-bond acceptors (Lipinski definition) is 4. The smallest absolute Gasteiger partial charge is 0.257 e. The summed E-state index contributed by atoms with van der Waals surface area (Å²) >= 11 is 0. The fourth-order valence-electron chi connectivity index (χ4n) is 3.01. The van der Waals surface area contributed by atoms with E-state index in [1.807, 2.05) is 11.8 Å². The Labute approximate surface area is 125 Å². The van der Waals surface area contributed by atoms with E-state index in [0.29, 0.717) is 11.6 Å². The minimum atomic E-state index is 0. The second-order valence-corrected chi connectivity index (χ2v) is 5.39. The molecule has 20 heavy (non-hydrogen) atoms. The molecule has 0 saturated carbocycles. The first kappa shape index (κ1) is 15.3. The third-order valence-corrected chi connectivity index (χ3v) is 4.18. The van der Waals surface area contributed by atoms with Crippen molar-refractivity contribution >= 4 is 18.3 Å². The Hall–Kier alpha value is -1.11. The van der Waals surface area contributed by atoms with E-state index in [1.165, 1.54) is 0 Å². The van der Waals surface area contributed by atoms with E-state index in [0.717, 1.165) is 51.4 Å². The fourth-order valence-corrected chi connectivity index (χ4v) is 3.01. The lowest BCUT2D eigenvalue weighted by atomic mass is 10.2. The zero-order chi connectivity index (χ0) is 13.2. The first-order valence-corrected chi connectivity index (χ1v) is 6.99. The molecule has 1 aromatic heterocycles. The lowest BCUT2D eigenvalue weighted by Gasteiger charge is -2.32. The average molecular weight is 300 g/mol. The minimum Gasteiger partial charge on any atom is -0.337 e. The van der Waals surface area contributed by atoms with Gasteiger partial charge in [0.15, 0.2) is 0 Å². The summed E-state index contributed by atoms with van der Waals surface area (Å²) in [6.45, 7) is 7.91. The number of piperazine rings is 1. The molecule has 3 heterocycles. The van der Waals surface area contributed by atoms with Gasteiger partial charge in [0.1, 0.15) is 0 Å². The maximum Gasteiger partial charge on any atom is 0.257 e. The number of halogens is 1. The topological polar surface area (TPSA) is 64.3 Å². The lowest BCUT2D eigenvalue weighted by Crippen LogP contribution is -2.49. The van der Waals surface area contributed by atoms with Crippen LogP contribution in [0.3, 0.4) is 0 Å². The summed E-state index contributed by atoms with van der Waals surface area (Å²) < 4.78 is 0. The summed E-state index contributed by atoms with van der Waals surface area (Å²) in [5.41, 5.74) is 1.57. The third kappa shape index (κ3) is 2.97. The second-order valence-electron chi connectivity index (χ2n) is 5.39. The third-order valence-electron chi connectivity index (χ3n) is 4.18. The molecule has 0 aromatic carbocycles. The standard InChI is InChI=1S/C13H21N5O.ClH/c1-10-12(8-15-16-10)13(19)18-5-2-11(9-18)17-6-3-14-4-7-17;/h8,11,14H,2-7,9H2,1H3,(H,15,16);1H. The zero-order valence-electron chi connectivity index (χ0n) is 11.8. The number of rotatable bonds is 2. The fraction of sp³-hybridized carbons (Fsp3) is 0.692. The first-order chi connectivity index (χ1) is 9.25. The number of amides is 1. The maximum absolute atomic E-state index is 12.4. The molecule has 1 amide bonds. The Morgan fingerprint density at radius 3 is 2.75 bits per heavy atom. The van der Waals surface area contributed by atoms with Crippen LogP contribution in [-0.2, 0) is 0 Å². The molecule has 1 atom stereocenters. The molecule has 2 N–H and O–H groups in total. The van der Waals surface area contributed by atoms with E-state index in [-0.39, 0.29) is 18.3 Å². The number of hydrogen-bond donors (Lipinski definition) is 2. The van der Waals surface area contributed by atoms with Crippen LogP contribution in [-0.4, -0.2) is 71.2 Å². The van der Waals surface area contributed by atoms with Crippen molar-refractivity contribution < 1.29 is 4.79 Å². The van der Waals surface area contributed by atoms with Crippen molar-refractivity contribution in [2.75, 3.05) is 39.3 Å². The second kappa shape index (κ2) is 6.56. The van der Waals surface area contributed by atoms with Gasteiger partial charge in [0.25, 0.3) is 5.91 Å². The number of carbonyl (C=O) groups is 1. The summed E-state index contributed by atoms with van der Waals surface area (Å²) in [6, 6.07) is 0.526. The molecule has 3 rings (SSSR count). The largest absolute Gasteiger partial charge is 0.337 e. The minimum absolute atomic E-state index is 0. The molecule has 2 fully saturated rings. The molecule has 0 bridgehead atoms. The summed E-state index contributed by atoms with van der Waals surface area (Å²) in [5.74, 6) is 0.115. The molecule has 1 unspecified atom stereocenters. The van der Waals surface area contributed by atoms with Gasteiger partial charge in [0, 0.05) is 51.0 Å². The van der Waals surface area contributed by atoms with Crippen LogP contribution in [0.2, 0.25) is 0 Å². The molecule has 0 aliphatic carbocycles. The number of aromatic nitrogens is 2. The molecular formula is C13H22ClN5O. The number of aryl methyl sites for hydroxylation is 1. The van der Waals surface area contributed by atoms with Crippen molar-refractivity contribution in [3.63, 3.8) is 0 Å². The van der Waals surface area contributed by atoms with Crippen molar-refractivity contribution in [1.29, 1.82) is 0 Å². The van der Waals surface area contributed by atoms with Crippen LogP contribution in [0.25, 0.3) is 0 Å². The molecule has 2 saturated heterocycles. The van der Waals surface area contributed by atoms with Gasteiger partial charge in [-0.25, -0.2) is 0 Å². The highest BCUT2D eigenvalue weighted by atomic mass is 35.5. The van der Waals surface area contributed by atoms with Gasteiger partial charge in [0.05, 0.1) is 11.8 Å². The average Bonchev–Trinajstić information content (AvgIpc) is 3.08. The van der Waals surface area contributed by atoms with E-state index in [9.17, 15) is 4.79 Å². The number of carbonyl (C=O) groups excluding carboxylic acids is 1. The predicted molar refractivity (Wildman–Crippen MR) is 79.3 cm³/mol. The van der Waals surface area contributed by atoms with E-state index < -0.39 is 0 Å². The van der Waals surface area contributed by atoms with E-state index in [1.54, 1.807) is 6.20 Å². The molecule has 2 aliphatic heterocycles. The summed E-state index contributed by atoms with van der Waals surface area (Å²) in [6.07, 6.45) is 2.72. The van der Waals surface area contributed by atoms with Gasteiger partial charge in [0.2, 0.25) is 0 Å². The van der Waals surface area contributed by atoms with Gasteiger partial charge in [-0.15, -0.1) is 12.4 Å². The normalized spacial score (nSPS) is 23.6. The van der Waals surface area contributed by atoms with Crippen LogP contribution in [0, 0.1) is 6.92 Å². The van der Waals surface area contributed by atoms with Gasteiger partial charge in [-0.05, 0) is 13.3 Å². The Kier molecular flexibility index (Phi) is 5.01. The highest BCUT2D eigenvalue weighted by Gasteiger charge is 2.31. The Balaban J connectivity index is 0.00000147. The van der Waals surface area contributed by atoms with Crippen LogP contribution in [0.15, 0.2) is 6.20 Å². The molecule has 112 valence electrons. The van der Waals surface area contributed by atoms with Crippen molar-refractivity contribution in [3.05, 3.63) is 17.5 Å². The Bertz CT molecular complexity index is 457. The zero-order valence-corrected chi connectivity index (χ0v) is 12.6. The van der Waals surface area contributed by atoms with Gasteiger partial charge in [-0.3, -0.25) is 14.8 Å². The number of likely N-dealkylation sites (tertiary alicyclic amines) is 1. The van der Waals surface area contributed by atoms with Crippen molar-refractivity contribution in [3.8, 4) is 0 Å². The lowest BCUT2D eigenvalue weighted by molar-refractivity contribution is 0.0773. The molecule has 6 nitrogen and oxygen atoms in total. The van der Waals surface area contributed by atoms with Crippen LogP contribution in [0.1, 0.15) is 22.5 Å². The quantitative estimate of drug-likeness (QED) is 0.822. The predicted octanol–water partition coefficient (Wildman–Crippen LogP) is 0.260. The maximum atomic E-state index is 12.4. The van der Waals surface area contributed by atoms with Crippen LogP contribution in [0.4, 0.5) is 0 Å². The van der Waals surface area contributed by atoms with Crippen molar-refractivity contribution in [2.45, 2.75) is 19.4 Å². The van der Waals surface area contributed by atoms with Crippen LogP contribution < -0.4 is 5.32 Å². The van der Waals surface area contributed by atoms with E-state index in [4.69, 9.17) is 0 Å². The monoisotopic (exact) mass is 299 g/mol. The molecule has 2 aliphatic rings. The highest BCUT2D eigenvalue weighted by molar-refractivity contribution is 5.95. The van der Waals surface area contributed by atoms with Crippen molar-refractivity contribution in [2.24, 2.45) is 0 Å². The molecule has 0 radical (unpaired) electrons. The van der Waals surface area contributed by atoms with Crippen LogP contribution in [0.5, 0.6) is 0 Å². The molecular weight excluding hydrogens is 278 g/mol. The Morgan fingerprint density at radius 1 is 1.35 bits per heavy atom. The van der Waals surface area contributed by atoms with E-state index >= 15 is 0 Å². The van der Waals surface area contributed by atoms with Gasteiger partial charge < -0.3 is 10.2 Å². The number of aromatic amines is 1. The summed E-state index contributed by atoms with van der Waals surface area (Å²) in [4.78, 5) is 16.9. The SMILES string of the molecule is Cc1[nH]ncc1C(=O)N1CCC(N2CCNCC2)C1.Cl. The molecule has 1 aromatic rings. The van der Waals surface area contributed by atoms with Gasteiger partial charge in [-0.2, -0.15) is 5.10 Å². The summed E-state index contributed by atoms with van der Waals surface area (Å²) in [5, 5.41) is 10.1. The van der Waals surface area contributed by atoms with E-state index in [2.05, 4.69) is 20.4 Å². The number of nitrogens with zero attached hydrogens (tertiary/aromatic N) is 3. The van der Waals surface area contributed by atoms with Gasteiger partial charge >= 0.3 is 0 Å². The molecule has 0 spiro atoms.